The van der Waals surface area contributed by atoms with Gasteiger partial charge in [-0.2, -0.15) is 0 Å². The van der Waals surface area contributed by atoms with E-state index in [0.717, 1.165) is 10.9 Å². The Morgan fingerprint density at radius 3 is 2.53 bits per heavy atom. The van der Waals surface area contributed by atoms with Crippen molar-refractivity contribution in [3.05, 3.63) is 28.2 Å². The van der Waals surface area contributed by atoms with E-state index in [9.17, 15) is 8.42 Å². The van der Waals surface area contributed by atoms with Crippen LogP contribution in [0, 0.1) is 12.8 Å². The van der Waals surface area contributed by atoms with Crippen LogP contribution >= 0.6 is 15.9 Å². The highest BCUT2D eigenvalue weighted by Gasteiger charge is 2.22. The molecule has 1 atom stereocenters. The standard InChI is InChI=1S/C13H21BrN2O2S/c1-9(2)7-11(8-15)16-19(17,18)13-6-4-5-12(14)10(13)3/h4-6,9,11,16H,7-8,15H2,1-3H3. The van der Waals surface area contributed by atoms with Crippen molar-refractivity contribution >= 4 is 26.0 Å². The molecule has 4 nitrogen and oxygen atoms in total. The smallest absolute Gasteiger partial charge is 0.241 e. The molecule has 1 aromatic carbocycles. The van der Waals surface area contributed by atoms with E-state index in [1.165, 1.54) is 0 Å². The summed E-state index contributed by atoms with van der Waals surface area (Å²) in [6.45, 7) is 6.16. The van der Waals surface area contributed by atoms with E-state index in [1.807, 2.05) is 19.9 Å². The van der Waals surface area contributed by atoms with Crippen molar-refractivity contribution in [3.63, 3.8) is 0 Å². The van der Waals surface area contributed by atoms with Crippen molar-refractivity contribution < 1.29 is 8.42 Å². The summed E-state index contributed by atoms with van der Waals surface area (Å²) in [6, 6.07) is 4.91. The van der Waals surface area contributed by atoms with Gasteiger partial charge in [-0.3, -0.25) is 0 Å². The average Bonchev–Trinajstić information content (AvgIpc) is 2.30. The average molecular weight is 349 g/mol. The van der Waals surface area contributed by atoms with Crippen LogP contribution in [-0.2, 0) is 10.0 Å². The van der Waals surface area contributed by atoms with Gasteiger partial charge < -0.3 is 5.73 Å². The molecule has 0 radical (unpaired) electrons. The summed E-state index contributed by atoms with van der Waals surface area (Å²) >= 11 is 3.35. The van der Waals surface area contributed by atoms with Crippen LogP contribution in [0.5, 0.6) is 0 Å². The van der Waals surface area contributed by atoms with Gasteiger partial charge in [0.2, 0.25) is 10.0 Å². The molecule has 0 heterocycles. The minimum Gasteiger partial charge on any atom is -0.329 e. The second-order valence-electron chi connectivity index (χ2n) is 5.05. The van der Waals surface area contributed by atoms with Gasteiger partial charge in [0.15, 0.2) is 0 Å². The van der Waals surface area contributed by atoms with Crippen molar-refractivity contribution in [1.82, 2.24) is 4.72 Å². The van der Waals surface area contributed by atoms with Crippen LogP contribution in [0.25, 0.3) is 0 Å². The summed E-state index contributed by atoms with van der Waals surface area (Å²) < 4.78 is 28.2. The normalized spacial score (nSPS) is 13.8. The third-order valence-electron chi connectivity index (χ3n) is 2.87. The molecule has 108 valence electrons. The second-order valence-corrected chi connectivity index (χ2v) is 7.58. The van der Waals surface area contributed by atoms with E-state index in [-0.39, 0.29) is 6.04 Å². The molecule has 1 aromatic rings. The maximum atomic E-state index is 12.4. The summed E-state index contributed by atoms with van der Waals surface area (Å²) in [5, 5.41) is 0. The third kappa shape index (κ3) is 4.56. The molecular formula is C13H21BrN2O2S. The Morgan fingerprint density at radius 1 is 1.37 bits per heavy atom. The van der Waals surface area contributed by atoms with Crippen LogP contribution in [0.15, 0.2) is 27.6 Å². The quantitative estimate of drug-likeness (QED) is 0.828. The van der Waals surface area contributed by atoms with Gasteiger partial charge in [-0.15, -0.1) is 0 Å². The van der Waals surface area contributed by atoms with E-state index >= 15 is 0 Å². The SMILES string of the molecule is Cc1c(Br)cccc1S(=O)(=O)NC(CN)CC(C)C. The van der Waals surface area contributed by atoms with Gasteiger partial charge in [-0.05, 0) is 37.0 Å². The molecule has 0 fully saturated rings. The zero-order valence-corrected chi connectivity index (χ0v) is 13.9. The lowest BCUT2D eigenvalue weighted by Gasteiger charge is -2.19. The van der Waals surface area contributed by atoms with Crippen LogP contribution in [0.3, 0.4) is 0 Å². The third-order valence-corrected chi connectivity index (χ3v) is 5.39. The predicted octanol–water partition coefficient (Wildman–Crippen LogP) is 2.41. The first-order valence-corrected chi connectivity index (χ1v) is 8.53. The first-order chi connectivity index (χ1) is 8.77. The summed E-state index contributed by atoms with van der Waals surface area (Å²) in [4.78, 5) is 0.295. The number of nitrogens with two attached hydrogens (primary N) is 1. The molecule has 1 rings (SSSR count). The monoisotopic (exact) mass is 348 g/mol. The molecule has 1 unspecified atom stereocenters. The zero-order chi connectivity index (χ0) is 14.6. The summed E-state index contributed by atoms with van der Waals surface area (Å²) in [7, 11) is -3.53. The summed E-state index contributed by atoms with van der Waals surface area (Å²) in [5.41, 5.74) is 6.34. The van der Waals surface area contributed by atoms with Gasteiger partial charge in [0.05, 0.1) is 4.90 Å². The molecule has 0 amide bonds. The first-order valence-electron chi connectivity index (χ1n) is 6.25. The lowest BCUT2D eigenvalue weighted by Crippen LogP contribution is -2.41. The van der Waals surface area contributed by atoms with Crippen molar-refractivity contribution in [3.8, 4) is 0 Å². The fourth-order valence-corrected chi connectivity index (χ4v) is 3.95. The van der Waals surface area contributed by atoms with Crippen molar-refractivity contribution in [2.45, 2.75) is 38.1 Å². The number of sulfonamides is 1. The topological polar surface area (TPSA) is 72.2 Å². The molecule has 0 saturated heterocycles. The maximum Gasteiger partial charge on any atom is 0.241 e. The van der Waals surface area contributed by atoms with Crippen molar-refractivity contribution in [2.24, 2.45) is 11.7 Å². The first kappa shape index (κ1) is 16.6. The Morgan fingerprint density at radius 2 is 2.00 bits per heavy atom. The van der Waals surface area contributed by atoms with Gasteiger partial charge >= 0.3 is 0 Å². The van der Waals surface area contributed by atoms with Crippen molar-refractivity contribution in [2.75, 3.05) is 6.54 Å². The fraction of sp³-hybridized carbons (Fsp3) is 0.538. The lowest BCUT2D eigenvalue weighted by atomic mass is 10.1. The van der Waals surface area contributed by atoms with E-state index in [1.54, 1.807) is 19.1 Å². The molecule has 3 N–H and O–H groups in total. The minimum atomic E-state index is -3.53. The predicted molar refractivity (Wildman–Crippen MR) is 81.5 cm³/mol. The number of rotatable bonds is 6. The number of halogens is 1. The van der Waals surface area contributed by atoms with Crippen LogP contribution in [-0.4, -0.2) is 21.0 Å². The molecule has 0 aromatic heterocycles. The van der Waals surface area contributed by atoms with E-state index < -0.39 is 10.0 Å². The van der Waals surface area contributed by atoms with Gasteiger partial charge in [-0.25, -0.2) is 13.1 Å². The Balaban J connectivity index is 3.01. The Kier molecular flexibility index (Phi) is 5.98. The number of benzene rings is 1. The second kappa shape index (κ2) is 6.83. The van der Waals surface area contributed by atoms with Crippen LogP contribution in [0.1, 0.15) is 25.8 Å². The Hall–Kier alpha value is -0.430. The molecule has 6 heteroatoms. The number of hydrogen-bond donors (Lipinski definition) is 2. The summed E-state index contributed by atoms with van der Waals surface area (Å²) in [5.74, 6) is 0.389. The van der Waals surface area contributed by atoms with E-state index in [4.69, 9.17) is 5.73 Å². The van der Waals surface area contributed by atoms with Gasteiger partial charge in [0.1, 0.15) is 0 Å². The van der Waals surface area contributed by atoms with Crippen molar-refractivity contribution in [1.29, 1.82) is 0 Å². The van der Waals surface area contributed by atoms with Crippen LogP contribution in [0.2, 0.25) is 0 Å². The molecule has 0 spiro atoms. The molecule has 0 saturated carbocycles. The van der Waals surface area contributed by atoms with E-state index in [0.29, 0.717) is 22.9 Å². The number of hydrogen-bond acceptors (Lipinski definition) is 3. The molecule has 0 bridgehead atoms. The highest BCUT2D eigenvalue weighted by atomic mass is 79.9. The fourth-order valence-electron chi connectivity index (χ4n) is 1.92. The van der Waals surface area contributed by atoms with Gasteiger partial charge in [-0.1, -0.05) is 35.8 Å². The molecule has 0 aliphatic carbocycles. The van der Waals surface area contributed by atoms with Crippen LogP contribution in [0.4, 0.5) is 0 Å². The minimum absolute atomic E-state index is 0.233. The molecule has 19 heavy (non-hydrogen) atoms. The Labute approximate surface area is 124 Å². The largest absolute Gasteiger partial charge is 0.329 e. The summed E-state index contributed by atoms with van der Waals surface area (Å²) in [6.07, 6.45) is 0.725. The Bertz CT molecular complexity index is 529. The zero-order valence-electron chi connectivity index (χ0n) is 11.5. The molecule has 0 aliphatic rings. The maximum absolute atomic E-state index is 12.4. The van der Waals surface area contributed by atoms with Crippen LogP contribution < -0.4 is 10.5 Å². The lowest BCUT2D eigenvalue weighted by molar-refractivity contribution is 0.465. The van der Waals surface area contributed by atoms with E-state index in [2.05, 4.69) is 20.7 Å². The van der Waals surface area contributed by atoms with Gasteiger partial charge in [0.25, 0.3) is 0 Å². The highest BCUT2D eigenvalue weighted by molar-refractivity contribution is 9.10. The highest BCUT2D eigenvalue weighted by Crippen LogP contribution is 2.23. The molecule has 0 aliphatic heterocycles. The number of nitrogens with one attached hydrogen (secondary N) is 1. The van der Waals surface area contributed by atoms with Gasteiger partial charge in [0, 0.05) is 17.1 Å². The molecular weight excluding hydrogens is 328 g/mol.